The molecule has 3 aromatic carbocycles. The number of anilines is 1. The molecule has 0 bridgehead atoms. The molecule has 0 amide bonds. The summed E-state index contributed by atoms with van der Waals surface area (Å²) in [5, 5.41) is 10.8. The molecule has 4 rings (SSSR count). The molecule has 0 unspecified atom stereocenters. The minimum absolute atomic E-state index is 0.117. The summed E-state index contributed by atoms with van der Waals surface area (Å²) in [5.41, 5.74) is 1.72. The highest BCUT2D eigenvalue weighted by Crippen LogP contribution is 2.28. The van der Waals surface area contributed by atoms with Crippen LogP contribution in [0.1, 0.15) is 11.1 Å². The number of rotatable bonds is 6. The fourth-order valence-corrected chi connectivity index (χ4v) is 5.99. The lowest BCUT2D eigenvalue weighted by atomic mass is 10.0. The summed E-state index contributed by atoms with van der Waals surface area (Å²) in [5.74, 6) is 0. The highest BCUT2D eigenvalue weighted by Gasteiger charge is 2.28. The van der Waals surface area contributed by atoms with Crippen molar-refractivity contribution in [2.75, 3.05) is 11.3 Å². The number of fused-ring (bicyclic) bond motifs is 1. The summed E-state index contributed by atoms with van der Waals surface area (Å²) in [6, 6.07) is 17.7. The Labute approximate surface area is 185 Å². The van der Waals surface area contributed by atoms with Gasteiger partial charge in [-0.1, -0.05) is 24.3 Å². The normalized spacial score (nSPS) is 14.5. The maximum absolute atomic E-state index is 12.9. The molecule has 0 spiro atoms. The predicted molar refractivity (Wildman–Crippen MR) is 118 cm³/mol. The first-order valence-corrected chi connectivity index (χ1v) is 12.5. The van der Waals surface area contributed by atoms with E-state index in [1.807, 2.05) is 0 Å². The predicted octanol–water partition coefficient (Wildman–Crippen LogP) is 3.14. The summed E-state index contributed by atoms with van der Waals surface area (Å²) in [4.78, 5) is 10.3. The number of hydrogen-bond acceptors (Lipinski definition) is 6. The summed E-state index contributed by atoms with van der Waals surface area (Å²) in [6.45, 7) is 0.456. The Morgan fingerprint density at radius 1 is 0.844 bits per heavy atom. The number of sulfonamides is 2. The van der Waals surface area contributed by atoms with Gasteiger partial charge in [0.2, 0.25) is 10.0 Å². The molecule has 0 aromatic heterocycles. The highest BCUT2D eigenvalue weighted by atomic mass is 32.2. The van der Waals surface area contributed by atoms with E-state index < -0.39 is 25.0 Å². The van der Waals surface area contributed by atoms with E-state index in [9.17, 15) is 26.9 Å². The smallest absolute Gasteiger partial charge is 0.269 e. The lowest BCUT2D eigenvalue weighted by molar-refractivity contribution is -0.384. The van der Waals surface area contributed by atoms with Gasteiger partial charge in [-0.15, -0.1) is 0 Å². The van der Waals surface area contributed by atoms with Gasteiger partial charge in [-0.05, 0) is 53.9 Å². The average molecular weight is 474 g/mol. The van der Waals surface area contributed by atoms with Crippen LogP contribution in [0.25, 0.3) is 0 Å². The van der Waals surface area contributed by atoms with Gasteiger partial charge in [0.25, 0.3) is 15.7 Å². The van der Waals surface area contributed by atoms with Crippen LogP contribution in [0, 0.1) is 10.1 Å². The lowest BCUT2D eigenvalue weighted by Gasteiger charge is -2.28. The van der Waals surface area contributed by atoms with Crippen molar-refractivity contribution < 1.29 is 21.8 Å². The van der Waals surface area contributed by atoms with Crippen molar-refractivity contribution in [3.8, 4) is 0 Å². The van der Waals surface area contributed by atoms with Crippen LogP contribution >= 0.6 is 0 Å². The minimum atomic E-state index is -3.97. The molecular weight excluding hydrogens is 454 g/mol. The molecule has 1 heterocycles. The van der Waals surface area contributed by atoms with Gasteiger partial charge in [-0.3, -0.25) is 14.8 Å². The minimum Gasteiger partial charge on any atom is -0.280 e. The average Bonchev–Trinajstić information content (AvgIpc) is 2.79. The Hall–Kier alpha value is -3.28. The fraction of sp³-hybridized carbons (Fsp3) is 0.143. The summed E-state index contributed by atoms with van der Waals surface area (Å²) in [7, 11) is -7.64. The molecule has 1 aliphatic heterocycles. The van der Waals surface area contributed by atoms with Gasteiger partial charge < -0.3 is 0 Å². The van der Waals surface area contributed by atoms with E-state index >= 15 is 0 Å². The Morgan fingerprint density at radius 2 is 1.53 bits per heavy atom. The summed E-state index contributed by atoms with van der Waals surface area (Å²) >= 11 is 0. The van der Waals surface area contributed by atoms with Crippen LogP contribution in [0.5, 0.6) is 0 Å². The van der Waals surface area contributed by atoms with E-state index in [0.717, 1.165) is 29.8 Å². The van der Waals surface area contributed by atoms with Gasteiger partial charge in [0, 0.05) is 30.9 Å². The second-order valence-electron chi connectivity index (χ2n) is 7.24. The number of nitrogens with zero attached hydrogens (tertiary/aromatic N) is 2. The molecule has 0 aliphatic carbocycles. The third-order valence-electron chi connectivity index (χ3n) is 5.17. The van der Waals surface area contributed by atoms with Gasteiger partial charge >= 0.3 is 0 Å². The number of nitro benzene ring substituents is 1. The van der Waals surface area contributed by atoms with Crippen LogP contribution in [-0.2, 0) is 33.0 Å². The molecule has 1 N–H and O–H groups in total. The summed E-state index contributed by atoms with van der Waals surface area (Å²) in [6.07, 6.45) is 0.511. The maximum Gasteiger partial charge on any atom is 0.269 e. The molecule has 0 saturated carbocycles. The molecule has 32 heavy (non-hydrogen) atoms. The van der Waals surface area contributed by atoms with E-state index in [-0.39, 0.29) is 27.7 Å². The molecule has 9 nitrogen and oxygen atoms in total. The second kappa shape index (κ2) is 8.34. The van der Waals surface area contributed by atoms with Crippen molar-refractivity contribution >= 4 is 31.4 Å². The zero-order valence-corrected chi connectivity index (χ0v) is 18.3. The zero-order valence-electron chi connectivity index (χ0n) is 16.7. The first-order chi connectivity index (χ1) is 15.2. The largest absolute Gasteiger partial charge is 0.280 e. The fourth-order valence-electron chi connectivity index (χ4n) is 3.50. The topological polar surface area (TPSA) is 127 Å². The van der Waals surface area contributed by atoms with Gasteiger partial charge in [0.1, 0.15) is 0 Å². The van der Waals surface area contributed by atoms with Crippen LogP contribution in [-0.4, -0.2) is 32.6 Å². The molecular formula is C21H19N3O6S2. The Balaban J connectivity index is 1.57. The molecule has 1 aliphatic rings. The van der Waals surface area contributed by atoms with Crippen LogP contribution < -0.4 is 4.72 Å². The first-order valence-electron chi connectivity index (χ1n) is 9.61. The second-order valence-corrected chi connectivity index (χ2v) is 10.9. The number of hydrogen-bond donors (Lipinski definition) is 1. The zero-order chi connectivity index (χ0) is 22.9. The Kier molecular flexibility index (Phi) is 5.71. The van der Waals surface area contributed by atoms with Crippen molar-refractivity contribution in [3.05, 3.63) is 94.0 Å². The molecule has 0 fully saturated rings. The van der Waals surface area contributed by atoms with E-state index in [0.29, 0.717) is 18.5 Å². The quantitative estimate of drug-likeness (QED) is 0.433. The third kappa shape index (κ3) is 4.35. The third-order valence-corrected chi connectivity index (χ3v) is 8.43. The van der Waals surface area contributed by atoms with Gasteiger partial charge in [0.05, 0.1) is 14.7 Å². The SMILES string of the molecule is O=[N+]([O-])c1ccc(S(=O)(=O)Nc2ccc3c(c2)CN(S(=O)(=O)c2ccccc2)CC3)cc1. The Morgan fingerprint density at radius 3 is 2.19 bits per heavy atom. The Bertz CT molecular complexity index is 1370. The van der Waals surface area contributed by atoms with Crippen molar-refractivity contribution in [1.82, 2.24) is 4.31 Å². The first kappa shape index (κ1) is 21.9. The van der Waals surface area contributed by atoms with Gasteiger partial charge in [-0.2, -0.15) is 4.31 Å². The highest BCUT2D eigenvalue weighted by molar-refractivity contribution is 7.92. The van der Waals surface area contributed by atoms with Crippen LogP contribution in [0.4, 0.5) is 11.4 Å². The van der Waals surface area contributed by atoms with E-state index in [1.54, 1.807) is 48.5 Å². The number of benzene rings is 3. The maximum atomic E-state index is 12.9. The van der Waals surface area contributed by atoms with E-state index in [4.69, 9.17) is 0 Å². The van der Waals surface area contributed by atoms with Gasteiger partial charge in [-0.25, -0.2) is 16.8 Å². The number of non-ortho nitro benzene ring substituents is 1. The van der Waals surface area contributed by atoms with Crippen molar-refractivity contribution in [1.29, 1.82) is 0 Å². The molecule has 0 atom stereocenters. The van der Waals surface area contributed by atoms with Crippen molar-refractivity contribution in [2.24, 2.45) is 0 Å². The van der Waals surface area contributed by atoms with E-state index in [1.165, 1.54) is 4.31 Å². The molecule has 0 radical (unpaired) electrons. The van der Waals surface area contributed by atoms with Crippen LogP contribution in [0.3, 0.4) is 0 Å². The van der Waals surface area contributed by atoms with Crippen molar-refractivity contribution in [3.63, 3.8) is 0 Å². The van der Waals surface area contributed by atoms with Crippen molar-refractivity contribution in [2.45, 2.75) is 22.8 Å². The number of nitrogens with one attached hydrogen (secondary N) is 1. The number of nitro groups is 1. The van der Waals surface area contributed by atoms with Crippen LogP contribution in [0.15, 0.2) is 82.6 Å². The molecule has 0 saturated heterocycles. The summed E-state index contributed by atoms with van der Waals surface area (Å²) < 4.78 is 55.0. The standard InChI is InChI=1S/C21H19N3O6S2/c25-24(26)19-8-10-20(11-9-19)31(27,28)22-18-7-6-16-12-13-23(15-17(16)14-18)32(29,30)21-4-2-1-3-5-21/h1-11,14,22H,12-13,15H2. The molecule has 166 valence electrons. The monoisotopic (exact) mass is 473 g/mol. The van der Waals surface area contributed by atoms with Crippen LogP contribution in [0.2, 0.25) is 0 Å². The molecule has 11 heteroatoms. The van der Waals surface area contributed by atoms with E-state index in [2.05, 4.69) is 4.72 Å². The van der Waals surface area contributed by atoms with Gasteiger partial charge in [0.15, 0.2) is 0 Å². The molecule has 3 aromatic rings. The lowest BCUT2D eigenvalue weighted by Crippen LogP contribution is -2.36.